The average Bonchev–Trinajstić information content (AvgIpc) is 2.17. The van der Waals surface area contributed by atoms with Crippen LogP contribution >= 0.6 is 0 Å². The molecule has 82 valence electrons. The Kier molecular flexibility index (Phi) is 5.20. The van der Waals surface area contributed by atoms with Gasteiger partial charge < -0.3 is 10.1 Å². The van der Waals surface area contributed by atoms with E-state index in [0.29, 0.717) is 6.10 Å². The molecule has 0 saturated heterocycles. The van der Waals surface area contributed by atoms with Gasteiger partial charge in [-0.3, -0.25) is 0 Å². The first-order valence-corrected chi connectivity index (χ1v) is 5.65. The highest BCUT2D eigenvalue weighted by Crippen LogP contribution is 2.25. The van der Waals surface area contributed by atoms with Crippen LogP contribution in [0.5, 0.6) is 0 Å². The molecule has 14 heavy (non-hydrogen) atoms. The van der Waals surface area contributed by atoms with E-state index in [1.165, 1.54) is 25.7 Å². The topological polar surface area (TPSA) is 21.3 Å². The predicted molar refractivity (Wildman–Crippen MR) is 60.4 cm³/mol. The van der Waals surface area contributed by atoms with Gasteiger partial charge in [0.05, 0.1) is 12.7 Å². The van der Waals surface area contributed by atoms with Crippen LogP contribution < -0.4 is 5.32 Å². The molecule has 1 rings (SSSR count). The summed E-state index contributed by atoms with van der Waals surface area (Å²) in [6.07, 6.45) is 5.59. The van der Waals surface area contributed by atoms with E-state index in [4.69, 9.17) is 4.74 Å². The molecule has 0 aromatic heterocycles. The number of rotatable bonds is 5. The molecular formula is C12H23NO. The largest absolute Gasteiger partial charge is 0.374 e. The Morgan fingerprint density at radius 2 is 2.00 bits per heavy atom. The normalized spacial score (nSPS) is 27.6. The summed E-state index contributed by atoms with van der Waals surface area (Å²) in [6, 6.07) is 0. The molecule has 0 radical (unpaired) electrons. The van der Waals surface area contributed by atoms with E-state index in [2.05, 4.69) is 18.8 Å². The van der Waals surface area contributed by atoms with E-state index in [9.17, 15) is 0 Å². The summed E-state index contributed by atoms with van der Waals surface area (Å²) in [5.74, 6) is 0.898. The summed E-state index contributed by atoms with van der Waals surface area (Å²) in [4.78, 5) is 0. The van der Waals surface area contributed by atoms with Crippen molar-refractivity contribution in [1.29, 1.82) is 0 Å². The predicted octanol–water partition coefficient (Wildman–Crippen LogP) is 2.36. The summed E-state index contributed by atoms with van der Waals surface area (Å²) >= 11 is 0. The number of ether oxygens (including phenoxy) is 1. The molecule has 2 nitrogen and oxygen atoms in total. The Bertz CT molecular complexity index is 171. The first kappa shape index (κ1) is 11.7. The first-order valence-electron chi connectivity index (χ1n) is 5.65. The van der Waals surface area contributed by atoms with E-state index < -0.39 is 0 Å². The maximum Gasteiger partial charge on any atom is 0.0690 e. The van der Waals surface area contributed by atoms with Gasteiger partial charge >= 0.3 is 0 Å². The number of likely N-dealkylation sites (N-methyl/N-ethyl adjacent to an activating group) is 1. The van der Waals surface area contributed by atoms with E-state index in [1.807, 2.05) is 7.05 Å². The highest BCUT2D eigenvalue weighted by atomic mass is 16.5. The van der Waals surface area contributed by atoms with Gasteiger partial charge in [0.25, 0.3) is 0 Å². The Balaban J connectivity index is 2.09. The minimum atomic E-state index is 0.486. The van der Waals surface area contributed by atoms with Gasteiger partial charge in [0.15, 0.2) is 0 Å². The van der Waals surface area contributed by atoms with Gasteiger partial charge in [0.1, 0.15) is 0 Å². The van der Waals surface area contributed by atoms with Crippen molar-refractivity contribution in [3.63, 3.8) is 0 Å². The third-order valence-corrected chi connectivity index (χ3v) is 2.91. The quantitative estimate of drug-likeness (QED) is 0.683. The Hall–Kier alpha value is -0.340. The average molecular weight is 197 g/mol. The summed E-state index contributed by atoms with van der Waals surface area (Å²) in [5.41, 5.74) is 1.14. The molecule has 0 spiro atoms. The lowest BCUT2D eigenvalue weighted by Crippen LogP contribution is -2.23. The lowest BCUT2D eigenvalue weighted by atomic mass is 9.89. The summed E-state index contributed by atoms with van der Waals surface area (Å²) in [7, 11) is 1.94. The monoisotopic (exact) mass is 197 g/mol. The number of hydrogen-bond donors (Lipinski definition) is 1. The SMILES string of the molecule is C=C(CNC)COC1CCC(C)CC1. The van der Waals surface area contributed by atoms with E-state index in [0.717, 1.165) is 24.6 Å². The van der Waals surface area contributed by atoms with Crippen molar-refractivity contribution in [2.24, 2.45) is 5.92 Å². The summed E-state index contributed by atoms with van der Waals surface area (Å²) in [5, 5.41) is 3.08. The number of nitrogens with one attached hydrogen (secondary N) is 1. The van der Waals surface area contributed by atoms with Crippen molar-refractivity contribution in [1.82, 2.24) is 5.32 Å². The minimum Gasteiger partial charge on any atom is -0.374 e. The maximum absolute atomic E-state index is 5.81. The van der Waals surface area contributed by atoms with Crippen molar-refractivity contribution in [2.75, 3.05) is 20.2 Å². The second kappa shape index (κ2) is 6.20. The maximum atomic E-state index is 5.81. The third-order valence-electron chi connectivity index (χ3n) is 2.91. The highest BCUT2D eigenvalue weighted by molar-refractivity contribution is 4.96. The summed E-state index contributed by atoms with van der Waals surface area (Å²) < 4.78 is 5.81. The lowest BCUT2D eigenvalue weighted by molar-refractivity contribution is 0.0327. The molecule has 0 amide bonds. The molecule has 0 aromatic rings. The van der Waals surface area contributed by atoms with Gasteiger partial charge in [0, 0.05) is 6.54 Å². The fourth-order valence-corrected chi connectivity index (χ4v) is 1.93. The number of hydrogen-bond acceptors (Lipinski definition) is 2. The van der Waals surface area contributed by atoms with Crippen LogP contribution in [0.25, 0.3) is 0 Å². The molecule has 1 fully saturated rings. The molecule has 1 saturated carbocycles. The zero-order chi connectivity index (χ0) is 10.4. The molecule has 0 atom stereocenters. The van der Waals surface area contributed by atoms with Gasteiger partial charge in [-0.2, -0.15) is 0 Å². The third kappa shape index (κ3) is 4.25. The van der Waals surface area contributed by atoms with Crippen molar-refractivity contribution in [3.05, 3.63) is 12.2 Å². The minimum absolute atomic E-state index is 0.486. The Morgan fingerprint density at radius 3 is 2.57 bits per heavy atom. The second-order valence-electron chi connectivity index (χ2n) is 4.47. The molecule has 0 aromatic carbocycles. The zero-order valence-corrected chi connectivity index (χ0v) is 9.51. The Morgan fingerprint density at radius 1 is 1.36 bits per heavy atom. The molecule has 1 aliphatic rings. The molecule has 2 heteroatoms. The van der Waals surface area contributed by atoms with Gasteiger partial charge in [-0.15, -0.1) is 0 Å². The van der Waals surface area contributed by atoms with Crippen LogP contribution in [0, 0.1) is 5.92 Å². The fraction of sp³-hybridized carbons (Fsp3) is 0.833. The van der Waals surface area contributed by atoms with E-state index in [-0.39, 0.29) is 0 Å². The van der Waals surface area contributed by atoms with Gasteiger partial charge in [-0.05, 0) is 44.2 Å². The first-order chi connectivity index (χ1) is 6.72. The van der Waals surface area contributed by atoms with Crippen LogP contribution in [-0.4, -0.2) is 26.3 Å². The van der Waals surface area contributed by atoms with Crippen LogP contribution in [0.15, 0.2) is 12.2 Å². The second-order valence-corrected chi connectivity index (χ2v) is 4.47. The zero-order valence-electron chi connectivity index (χ0n) is 9.51. The van der Waals surface area contributed by atoms with Crippen LogP contribution in [0.2, 0.25) is 0 Å². The standard InChI is InChI=1S/C12H23NO/c1-10-4-6-12(7-5-10)14-9-11(2)8-13-3/h10,12-13H,2,4-9H2,1,3H3. The van der Waals surface area contributed by atoms with Crippen LogP contribution in [0.4, 0.5) is 0 Å². The molecular weight excluding hydrogens is 174 g/mol. The molecule has 0 aliphatic heterocycles. The van der Waals surface area contributed by atoms with E-state index >= 15 is 0 Å². The molecule has 1 N–H and O–H groups in total. The van der Waals surface area contributed by atoms with Gasteiger partial charge in [-0.25, -0.2) is 0 Å². The van der Waals surface area contributed by atoms with Crippen LogP contribution in [0.1, 0.15) is 32.6 Å². The fourth-order valence-electron chi connectivity index (χ4n) is 1.93. The molecule has 1 aliphatic carbocycles. The van der Waals surface area contributed by atoms with Crippen molar-refractivity contribution >= 4 is 0 Å². The van der Waals surface area contributed by atoms with Crippen molar-refractivity contribution in [3.8, 4) is 0 Å². The molecule has 0 heterocycles. The van der Waals surface area contributed by atoms with E-state index in [1.54, 1.807) is 0 Å². The smallest absolute Gasteiger partial charge is 0.0690 e. The Labute approximate surface area is 87.7 Å². The molecule has 0 bridgehead atoms. The highest BCUT2D eigenvalue weighted by Gasteiger charge is 2.18. The summed E-state index contributed by atoms with van der Waals surface area (Å²) in [6.45, 7) is 7.87. The van der Waals surface area contributed by atoms with Gasteiger partial charge in [-0.1, -0.05) is 13.5 Å². The lowest BCUT2D eigenvalue weighted by Gasteiger charge is -2.26. The van der Waals surface area contributed by atoms with Crippen LogP contribution in [-0.2, 0) is 4.74 Å². The van der Waals surface area contributed by atoms with Gasteiger partial charge in [0.2, 0.25) is 0 Å². The van der Waals surface area contributed by atoms with Crippen LogP contribution in [0.3, 0.4) is 0 Å². The molecule has 0 unspecified atom stereocenters. The van der Waals surface area contributed by atoms with Crippen molar-refractivity contribution in [2.45, 2.75) is 38.7 Å². The van der Waals surface area contributed by atoms with Crippen molar-refractivity contribution < 1.29 is 4.74 Å².